The van der Waals surface area contributed by atoms with Gasteiger partial charge in [0.15, 0.2) is 0 Å². The molecule has 0 heterocycles. The Kier molecular flexibility index (Phi) is 4.00. The van der Waals surface area contributed by atoms with Crippen LogP contribution in [-0.2, 0) is 0 Å². The molecule has 8 nitrogen and oxygen atoms in total. The number of hydrogen-bond donors (Lipinski definition) is 4. The fraction of sp³-hybridized carbons (Fsp3) is 0. The van der Waals surface area contributed by atoms with Gasteiger partial charge in [0.25, 0.3) is 5.84 Å². The lowest BCUT2D eigenvalue weighted by molar-refractivity contribution is -0.545. The highest BCUT2D eigenvalue weighted by atomic mass is 16.7. The SMILES string of the molecule is N=C(N)c1ccc(C(N)=NN[N+](=O)[O-])c2cc3cc4ccccc4cc3cc12. The Hall–Kier alpha value is -4.20. The summed E-state index contributed by atoms with van der Waals surface area (Å²) in [6.07, 6.45) is 0. The number of hydrazone groups is 1. The van der Waals surface area contributed by atoms with Gasteiger partial charge in [-0.1, -0.05) is 24.3 Å². The lowest BCUT2D eigenvalue weighted by Gasteiger charge is -2.11. The third-order valence-electron chi connectivity index (χ3n) is 4.66. The number of nitrogen functional groups attached to an aromatic ring is 1. The van der Waals surface area contributed by atoms with Gasteiger partial charge in [-0.15, -0.1) is 0 Å². The van der Waals surface area contributed by atoms with Crippen molar-refractivity contribution in [2.24, 2.45) is 16.6 Å². The molecule has 0 fully saturated rings. The summed E-state index contributed by atoms with van der Waals surface area (Å²) in [4.78, 5) is 10.5. The maximum Gasteiger partial charge on any atom is 0.271 e. The Morgan fingerprint density at radius 2 is 1.43 bits per heavy atom. The van der Waals surface area contributed by atoms with Crippen LogP contribution in [0, 0.1) is 15.5 Å². The molecule has 0 saturated carbocycles. The van der Waals surface area contributed by atoms with Gasteiger partial charge < -0.3 is 21.6 Å². The number of amidine groups is 2. The molecule has 0 unspecified atom stereocenters. The number of fused-ring (bicyclic) bond motifs is 3. The van der Waals surface area contributed by atoms with Crippen LogP contribution in [0.3, 0.4) is 0 Å². The smallest absolute Gasteiger partial charge is 0.271 e. The maximum atomic E-state index is 10.5. The standard InChI is InChI=1S/C20H16N6O2/c21-19(22)15-5-6-16(20(23)24-25-26(27)28)18-10-14-8-12-4-2-1-3-11(12)7-13(14)9-17(15)18/h1-10,25H,(H3,21,22)(H2,23,24). The predicted molar refractivity (Wildman–Crippen MR) is 111 cm³/mol. The van der Waals surface area contributed by atoms with Crippen molar-refractivity contribution in [1.29, 1.82) is 5.41 Å². The zero-order chi connectivity index (χ0) is 19.8. The molecule has 4 aromatic rings. The number of hydrazine groups is 1. The van der Waals surface area contributed by atoms with Gasteiger partial charge >= 0.3 is 0 Å². The second-order valence-electron chi connectivity index (χ2n) is 6.37. The molecule has 0 amide bonds. The lowest BCUT2D eigenvalue weighted by Crippen LogP contribution is -2.23. The van der Waals surface area contributed by atoms with Gasteiger partial charge in [-0.3, -0.25) is 5.41 Å². The topological polar surface area (TPSA) is 143 Å². The normalized spacial score (nSPS) is 11.8. The molecule has 4 aromatic carbocycles. The molecule has 138 valence electrons. The van der Waals surface area contributed by atoms with Gasteiger partial charge in [0, 0.05) is 5.56 Å². The molecule has 28 heavy (non-hydrogen) atoms. The fourth-order valence-electron chi connectivity index (χ4n) is 3.40. The lowest BCUT2D eigenvalue weighted by atomic mass is 9.94. The molecule has 0 spiro atoms. The Morgan fingerprint density at radius 1 is 0.893 bits per heavy atom. The molecule has 6 N–H and O–H groups in total. The van der Waals surface area contributed by atoms with E-state index in [9.17, 15) is 10.1 Å². The number of rotatable bonds is 4. The maximum absolute atomic E-state index is 10.5. The van der Waals surface area contributed by atoms with Gasteiger partial charge in [0.05, 0.1) is 15.7 Å². The minimum Gasteiger partial charge on any atom is -0.384 e. The monoisotopic (exact) mass is 372 g/mol. The third-order valence-corrected chi connectivity index (χ3v) is 4.66. The molecular weight excluding hydrogens is 356 g/mol. The summed E-state index contributed by atoms with van der Waals surface area (Å²) >= 11 is 0. The summed E-state index contributed by atoms with van der Waals surface area (Å²) in [6.45, 7) is 0. The molecule has 0 aliphatic heterocycles. The molecule has 0 radical (unpaired) electrons. The van der Waals surface area contributed by atoms with E-state index < -0.39 is 5.03 Å². The van der Waals surface area contributed by atoms with Crippen molar-refractivity contribution in [2.75, 3.05) is 0 Å². The van der Waals surface area contributed by atoms with E-state index in [0.29, 0.717) is 16.5 Å². The van der Waals surface area contributed by atoms with Crippen LogP contribution in [-0.4, -0.2) is 16.7 Å². The summed E-state index contributed by atoms with van der Waals surface area (Å²) < 4.78 is 0. The fourth-order valence-corrected chi connectivity index (χ4v) is 3.40. The first-order chi connectivity index (χ1) is 13.4. The highest BCUT2D eigenvalue weighted by molar-refractivity contribution is 6.18. The van der Waals surface area contributed by atoms with Gasteiger partial charge in [-0.05, 0) is 74.3 Å². The van der Waals surface area contributed by atoms with Gasteiger partial charge in [-0.25, -0.2) is 0 Å². The second-order valence-corrected chi connectivity index (χ2v) is 6.37. The first kappa shape index (κ1) is 17.2. The predicted octanol–water partition coefficient (Wildman–Crippen LogP) is 2.83. The largest absolute Gasteiger partial charge is 0.384 e. The first-order valence-corrected chi connectivity index (χ1v) is 8.41. The molecule has 0 aromatic heterocycles. The average Bonchev–Trinajstić information content (AvgIpc) is 2.67. The van der Waals surface area contributed by atoms with Crippen LogP contribution in [0.15, 0.2) is 65.8 Å². The summed E-state index contributed by atoms with van der Waals surface area (Å²) in [5, 5.41) is 26.8. The minimum atomic E-state index is -0.791. The van der Waals surface area contributed by atoms with Crippen molar-refractivity contribution in [1.82, 2.24) is 5.53 Å². The van der Waals surface area contributed by atoms with E-state index in [-0.39, 0.29) is 11.7 Å². The van der Waals surface area contributed by atoms with Gasteiger partial charge in [0.2, 0.25) is 0 Å². The van der Waals surface area contributed by atoms with Crippen LogP contribution in [0.4, 0.5) is 0 Å². The molecule has 8 heteroatoms. The number of nitro groups is 1. The van der Waals surface area contributed by atoms with Crippen LogP contribution in [0.1, 0.15) is 11.1 Å². The van der Waals surface area contributed by atoms with Crippen molar-refractivity contribution in [3.8, 4) is 0 Å². The highest BCUT2D eigenvalue weighted by Gasteiger charge is 2.15. The zero-order valence-electron chi connectivity index (χ0n) is 14.6. The average molecular weight is 372 g/mol. The van der Waals surface area contributed by atoms with Crippen LogP contribution in [0.2, 0.25) is 0 Å². The number of nitrogens with two attached hydrogens (primary N) is 2. The second kappa shape index (κ2) is 6.51. The number of benzene rings is 4. The quantitative estimate of drug-likeness (QED) is 0.143. The highest BCUT2D eigenvalue weighted by Crippen LogP contribution is 2.31. The molecular formula is C20H16N6O2. The summed E-state index contributed by atoms with van der Waals surface area (Å²) in [5.74, 6) is -0.104. The van der Waals surface area contributed by atoms with E-state index in [1.54, 1.807) is 17.7 Å². The molecule has 0 saturated heterocycles. The zero-order valence-corrected chi connectivity index (χ0v) is 14.6. The van der Waals surface area contributed by atoms with E-state index in [0.717, 1.165) is 26.9 Å². The summed E-state index contributed by atoms with van der Waals surface area (Å²) in [7, 11) is 0. The molecule has 0 bridgehead atoms. The number of nitrogens with one attached hydrogen (secondary N) is 2. The Balaban J connectivity index is 2.06. The first-order valence-electron chi connectivity index (χ1n) is 8.41. The van der Waals surface area contributed by atoms with Crippen LogP contribution in [0.25, 0.3) is 32.3 Å². The van der Waals surface area contributed by atoms with Crippen molar-refractivity contribution in [3.05, 3.63) is 81.9 Å². The van der Waals surface area contributed by atoms with Crippen LogP contribution >= 0.6 is 0 Å². The van der Waals surface area contributed by atoms with Gasteiger partial charge in [-0.2, -0.15) is 0 Å². The van der Waals surface area contributed by atoms with Crippen molar-refractivity contribution in [2.45, 2.75) is 0 Å². The Labute approximate surface area is 159 Å². The van der Waals surface area contributed by atoms with Crippen molar-refractivity contribution >= 4 is 44.0 Å². The van der Waals surface area contributed by atoms with Crippen LogP contribution < -0.4 is 17.0 Å². The van der Waals surface area contributed by atoms with E-state index >= 15 is 0 Å². The third kappa shape index (κ3) is 2.92. The van der Waals surface area contributed by atoms with Crippen LogP contribution in [0.5, 0.6) is 0 Å². The molecule has 4 rings (SSSR count). The molecule has 0 aliphatic carbocycles. The Morgan fingerprint density at radius 3 is 1.96 bits per heavy atom. The van der Waals surface area contributed by atoms with E-state index in [4.69, 9.17) is 16.9 Å². The minimum absolute atomic E-state index is 0.0306. The number of nitrogens with zero attached hydrogens (tertiary/aromatic N) is 2. The van der Waals surface area contributed by atoms with E-state index in [1.807, 2.05) is 36.4 Å². The van der Waals surface area contributed by atoms with Gasteiger partial charge in [0.1, 0.15) is 5.84 Å². The van der Waals surface area contributed by atoms with E-state index in [1.165, 1.54) is 0 Å². The van der Waals surface area contributed by atoms with Crippen molar-refractivity contribution in [3.63, 3.8) is 0 Å². The summed E-state index contributed by atoms with van der Waals surface area (Å²) in [5.41, 5.74) is 14.5. The number of hydrogen-bond acceptors (Lipinski definition) is 4. The summed E-state index contributed by atoms with van der Waals surface area (Å²) in [6, 6.07) is 19.4. The molecule has 0 aliphatic rings. The van der Waals surface area contributed by atoms with Crippen molar-refractivity contribution < 1.29 is 5.03 Å². The molecule has 0 atom stereocenters. The Bertz CT molecular complexity index is 1310. The van der Waals surface area contributed by atoms with E-state index in [2.05, 4.69) is 17.2 Å².